The number of hydrazine groups is 1. The third kappa shape index (κ3) is 3.07. The van der Waals surface area contributed by atoms with Crippen LogP contribution < -0.4 is 16.4 Å². The normalized spacial score (nSPS) is 11.9. The van der Waals surface area contributed by atoms with E-state index in [9.17, 15) is 14.4 Å². The van der Waals surface area contributed by atoms with Crippen molar-refractivity contribution in [2.24, 2.45) is 5.92 Å². The zero-order chi connectivity index (χ0) is 15.4. The number of nitrogens with zero attached hydrogens (tertiary/aromatic N) is 1. The lowest BCUT2D eigenvalue weighted by Crippen LogP contribution is -2.44. The molecule has 2 rings (SSSR count). The number of aromatic amines is 1. The number of benzene rings is 1. The zero-order valence-corrected chi connectivity index (χ0v) is 11.8. The van der Waals surface area contributed by atoms with Gasteiger partial charge in [0.2, 0.25) is 5.91 Å². The van der Waals surface area contributed by atoms with Crippen molar-refractivity contribution in [3.8, 4) is 0 Å². The molecule has 0 radical (unpaired) electrons. The summed E-state index contributed by atoms with van der Waals surface area (Å²) in [6.07, 6.45) is 0.668. The molecule has 1 heterocycles. The minimum Gasteiger partial charge on any atom is -0.273 e. The first-order valence-corrected chi connectivity index (χ1v) is 6.62. The standard InChI is InChI=1S/C14H16N4O3/c1-3-8(2)12(19)16-18-14(21)11-9-6-4-5-7-10(9)13(20)17-15-11/h4-8H,3H2,1-2H3,(H,16,19)(H,17,20)(H,18,21). The topological polar surface area (TPSA) is 104 Å². The van der Waals surface area contributed by atoms with Crippen LogP contribution in [0.15, 0.2) is 29.1 Å². The van der Waals surface area contributed by atoms with Crippen LogP contribution >= 0.6 is 0 Å². The molecule has 2 aromatic rings. The van der Waals surface area contributed by atoms with Gasteiger partial charge in [0.1, 0.15) is 0 Å². The molecule has 7 heteroatoms. The lowest BCUT2D eigenvalue weighted by molar-refractivity contribution is -0.125. The summed E-state index contributed by atoms with van der Waals surface area (Å²) in [7, 11) is 0. The van der Waals surface area contributed by atoms with Crippen LogP contribution in [-0.2, 0) is 4.79 Å². The van der Waals surface area contributed by atoms with Crippen LogP contribution in [0.3, 0.4) is 0 Å². The van der Waals surface area contributed by atoms with Crippen LogP contribution in [0.1, 0.15) is 30.8 Å². The molecule has 0 fully saturated rings. The summed E-state index contributed by atoms with van der Waals surface area (Å²) in [4.78, 5) is 35.3. The fourth-order valence-electron chi connectivity index (χ4n) is 1.77. The Morgan fingerprint density at radius 1 is 1.24 bits per heavy atom. The van der Waals surface area contributed by atoms with Crippen LogP contribution in [-0.4, -0.2) is 22.0 Å². The number of carbonyl (C=O) groups is 2. The van der Waals surface area contributed by atoms with Gasteiger partial charge in [0.25, 0.3) is 11.5 Å². The molecule has 0 aliphatic heterocycles. The Labute approximate surface area is 120 Å². The number of rotatable bonds is 3. The molecule has 7 nitrogen and oxygen atoms in total. The van der Waals surface area contributed by atoms with E-state index >= 15 is 0 Å². The molecule has 0 bridgehead atoms. The first-order chi connectivity index (χ1) is 10.0. The van der Waals surface area contributed by atoms with Crippen molar-refractivity contribution in [2.75, 3.05) is 0 Å². The van der Waals surface area contributed by atoms with Gasteiger partial charge in [0.05, 0.1) is 5.39 Å². The molecule has 2 amide bonds. The quantitative estimate of drug-likeness (QED) is 0.724. The van der Waals surface area contributed by atoms with Crippen LogP contribution in [0.2, 0.25) is 0 Å². The molecule has 1 aromatic carbocycles. The molecule has 21 heavy (non-hydrogen) atoms. The highest BCUT2D eigenvalue weighted by molar-refractivity contribution is 6.05. The molecular weight excluding hydrogens is 272 g/mol. The fraction of sp³-hybridized carbons (Fsp3) is 0.286. The number of hydrogen-bond acceptors (Lipinski definition) is 4. The van der Waals surface area contributed by atoms with Gasteiger partial charge in [-0.05, 0) is 12.5 Å². The molecule has 0 spiro atoms. The molecule has 0 saturated heterocycles. The average Bonchev–Trinajstić information content (AvgIpc) is 2.52. The van der Waals surface area contributed by atoms with Crippen LogP contribution in [0.4, 0.5) is 0 Å². The monoisotopic (exact) mass is 288 g/mol. The number of aromatic nitrogens is 2. The van der Waals surface area contributed by atoms with Gasteiger partial charge in [-0.25, -0.2) is 5.10 Å². The first-order valence-electron chi connectivity index (χ1n) is 6.62. The van der Waals surface area contributed by atoms with Crippen LogP contribution in [0.5, 0.6) is 0 Å². The van der Waals surface area contributed by atoms with Gasteiger partial charge >= 0.3 is 0 Å². The van der Waals surface area contributed by atoms with E-state index in [1.165, 1.54) is 0 Å². The Hall–Kier alpha value is -2.70. The molecule has 1 atom stereocenters. The summed E-state index contributed by atoms with van der Waals surface area (Å²) in [6.45, 7) is 3.64. The Morgan fingerprint density at radius 2 is 1.90 bits per heavy atom. The van der Waals surface area contributed by atoms with E-state index in [0.29, 0.717) is 17.2 Å². The molecule has 110 valence electrons. The summed E-state index contributed by atoms with van der Waals surface area (Å²) in [5.41, 5.74) is 4.32. The summed E-state index contributed by atoms with van der Waals surface area (Å²) in [6, 6.07) is 6.63. The number of nitrogens with one attached hydrogen (secondary N) is 3. The van der Waals surface area contributed by atoms with Crippen LogP contribution in [0.25, 0.3) is 10.8 Å². The number of amides is 2. The van der Waals surface area contributed by atoms with E-state index in [0.717, 1.165) is 0 Å². The maximum Gasteiger partial charge on any atom is 0.290 e. The first kappa shape index (κ1) is 14.7. The van der Waals surface area contributed by atoms with Gasteiger partial charge in [0.15, 0.2) is 5.69 Å². The van der Waals surface area contributed by atoms with E-state index in [-0.39, 0.29) is 23.1 Å². The smallest absolute Gasteiger partial charge is 0.273 e. The predicted octanol–water partition coefficient (Wildman–Crippen LogP) is 0.730. The number of carbonyl (C=O) groups excluding carboxylic acids is 2. The summed E-state index contributed by atoms with van der Waals surface area (Å²) in [5, 5.41) is 6.81. The molecular formula is C14H16N4O3. The lowest BCUT2D eigenvalue weighted by atomic mass is 10.1. The third-order valence-corrected chi connectivity index (χ3v) is 3.27. The SMILES string of the molecule is CCC(C)C(=O)NNC(=O)c1n[nH]c(=O)c2ccccc12. The van der Waals surface area contributed by atoms with Crippen molar-refractivity contribution in [3.63, 3.8) is 0 Å². The van der Waals surface area contributed by atoms with Gasteiger partial charge in [-0.1, -0.05) is 32.0 Å². The highest BCUT2D eigenvalue weighted by Gasteiger charge is 2.16. The third-order valence-electron chi connectivity index (χ3n) is 3.27. The van der Waals surface area contributed by atoms with Crippen molar-refractivity contribution in [3.05, 3.63) is 40.3 Å². The maximum absolute atomic E-state index is 12.1. The van der Waals surface area contributed by atoms with Gasteiger partial charge in [-0.2, -0.15) is 5.10 Å². The highest BCUT2D eigenvalue weighted by Crippen LogP contribution is 2.11. The van der Waals surface area contributed by atoms with Crippen molar-refractivity contribution in [1.82, 2.24) is 21.0 Å². The van der Waals surface area contributed by atoms with Gasteiger partial charge < -0.3 is 0 Å². The maximum atomic E-state index is 12.1. The van der Waals surface area contributed by atoms with E-state index in [4.69, 9.17) is 0 Å². The lowest BCUT2D eigenvalue weighted by Gasteiger charge is -2.11. The van der Waals surface area contributed by atoms with E-state index in [1.807, 2.05) is 6.92 Å². The van der Waals surface area contributed by atoms with Crippen molar-refractivity contribution in [1.29, 1.82) is 0 Å². The Bertz CT molecular complexity index is 738. The molecule has 0 aliphatic rings. The van der Waals surface area contributed by atoms with Gasteiger partial charge in [0, 0.05) is 11.3 Å². The van der Waals surface area contributed by atoms with Crippen molar-refractivity contribution in [2.45, 2.75) is 20.3 Å². The second-order valence-corrected chi connectivity index (χ2v) is 4.70. The van der Waals surface area contributed by atoms with Gasteiger partial charge in [-0.3, -0.25) is 25.2 Å². The van der Waals surface area contributed by atoms with E-state index in [1.54, 1.807) is 31.2 Å². The second-order valence-electron chi connectivity index (χ2n) is 4.70. The number of hydrogen-bond donors (Lipinski definition) is 3. The Morgan fingerprint density at radius 3 is 2.57 bits per heavy atom. The largest absolute Gasteiger partial charge is 0.290 e. The second kappa shape index (κ2) is 6.17. The van der Waals surface area contributed by atoms with Crippen molar-refractivity contribution < 1.29 is 9.59 Å². The number of fused-ring (bicyclic) bond motifs is 1. The fourth-order valence-corrected chi connectivity index (χ4v) is 1.77. The predicted molar refractivity (Wildman–Crippen MR) is 77.4 cm³/mol. The number of H-pyrrole nitrogens is 1. The molecule has 0 aliphatic carbocycles. The molecule has 0 saturated carbocycles. The summed E-state index contributed by atoms with van der Waals surface area (Å²) in [5.74, 6) is -1.07. The molecule has 1 unspecified atom stereocenters. The zero-order valence-electron chi connectivity index (χ0n) is 11.8. The van der Waals surface area contributed by atoms with Gasteiger partial charge in [-0.15, -0.1) is 0 Å². The van der Waals surface area contributed by atoms with E-state index < -0.39 is 5.91 Å². The summed E-state index contributed by atoms with van der Waals surface area (Å²) < 4.78 is 0. The minimum atomic E-state index is -0.584. The minimum absolute atomic E-state index is 0.0506. The Balaban J connectivity index is 2.23. The average molecular weight is 288 g/mol. The molecule has 1 aromatic heterocycles. The molecule has 3 N–H and O–H groups in total. The Kier molecular flexibility index (Phi) is 4.32. The van der Waals surface area contributed by atoms with Crippen LogP contribution in [0, 0.1) is 5.92 Å². The summed E-state index contributed by atoms with van der Waals surface area (Å²) >= 11 is 0. The van der Waals surface area contributed by atoms with Crippen molar-refractivity contribution >= 4 is 22.6 Å². The highest BCUT2D eigenvalue weighted by atomic mass is 16.2. The van der Waals surface area contributed by atoms with E-state index in [2.05, 4.69) is 21.0 Å².